The second-order valence-electron chi connectivity index (χ2n) is 3.79. The molecule has 1 nitrogen and oxygen atoms in total. The first-order valence-electron chi connectivity index (χ1n) is 4.88. The summed E-state index contributed by atoms with van der Waals surface area (Å²) in [5.41, 5.74) is 1.95. The van der Waals surface area contributed by atoms with E-state index in [0.29, 0.717) is 5.92 Å². The van der Waals surface area contributed by atoms with Crippen molar-refractivity contribution in [1.29, 1.82) is 5.26 Å². The summed E-state index contributed by atoms with van der Waals surface area (Å²) >= 11 is 0. The number of nitrogens with zero attached hydrogens (tertiary/aromatic N) is 1. The number of hydrogen-bond donors (Lipinski definition) is 0. The van der Waals surface area contributed by atoms with E-state index in [4.69, 9.17) is 5.26 Å². The van der Waals surface area contributed by atoms with Gasteiger partial charge in [0.05, 0.1) is 6.07 Å². The van der Waals surface area contributed by atoms with Crippen molar-refractivity contribution >= 4 is 6.08 Å². The van der Waals surface area contributed by atoms with Crippen molar-refractivity contribution in [3.63, 3.8) is 0 Å². The van der Waals surface area contributed by atoms with Gasteiger partial charge in [-0.2, -0.15) is 5.26 Å². The van der Waals surface area contributed by atoms with Crippen LogP contribution >= 0.6 is 0 Å². The average Bonchev–Trinajstić information content (AvgIpc) is 2.17. The van der Waals surface area contributed by atoms with E-state index in [9.17, 15) is 0 Å². The Morgan fingerprint density at radius 1 is 1.36 bits per heavy atom. The molecule has 0 aromatic heterocycles. The van der Waals surface area contributed by atoms with Crippen molar-refractivity contribution in [2.45, 2.75) is 20.3 Å². The summed E-state index contributed by atoms with van der Waals surface area (Å²) in [7, 11) is 0. The van der Waals surface area contributed by atoms with Crippen molar-refractivity contribution in [1.82, 2.24) is 0 Å². The van der Waals surface area contributed by atoms with Crippen LogP contribution < -0.4 is 0 Å². The summed E-state index contributed by atoms with van der Waals surface area (Å²) in [4.78, 5) is 0. The maximum atomic E-state index is 8.92. The third kappa shape index (κ3) is 3.45. The molecule has 0 spiro atoms. The number of rotatable bonds is 3. The summed E-state index contributed by atoms with van der Waals surface area (Å²) in [6.07, 6.45) is 2.81. The second kappa shape index (κ2) is 5.24. The summed E-state index contributed by atoms with van der Waals surface area (Å²) in [6.45, 7) is 4.24. The highest BCUT2D eigenvalue weighted by molar-refractivity contribution is 5.56. The molecule has 0 aliphatic heterocycles. The third-order valence-electron chi connectivity index (χ3n) is 1.91. The number of benzene rings is 1. The minimum Gasteiger partial charge on any atom is -0.193 e. The maximum Gasteiger partial charge on any atom is 0.0947 e. The smallest absolute Gasteiger partial charge is 0.0947 e. The zero-order chi connectivity index (χ0) is 10.4. The molecule has 0 saturated carbocycles. The molecule has 1 aromatic rings. The second-order valence-corrected chi connectivity index (χ2v) is 3.79. The minimum atomic E-state index is 0.532. The van der Waals surface area contributed by atoms with Crippen LogP contribution in [0, 0.1) is 17.2 Å². The molecule has 14 heavy (non-hydrogen) atoms. The predicted octanol–water partition coefficient (Wildman–Crippen LogP) is 3.64. The van der Waals surface area contributed by atoms with Crippen LogP contribution in [0.2, 0.25) is 0 Å². The van der Waals surface area contributed by atoms with Crippen LogP contribution in [0.4, 0.5) is 0 Å². The molecule has 0 aliphatic carbocycles. The third-order valence-corrected chi connectivity index (χ3v) is 1.91. The van der Waals surface area contributed by atoms with Crippen molar-refractivity contribution in [3.8, 4) is 6.07 Å². The molecule has 0 atom stereocenters. The lowest BCUT2D eigenvalue weighted by Gasteiger charge is -2.02. The molecule has 0 aliphatic rings. The van der Waals surface area contributed by atoms with Crippen LogP contribution in [0.15, 0.2) is 35.9 Å². The zero-order valence-corrected chi connectivity index (χ0v) is 8.70. The van der Waals surface area contributed by atoms with Gasteiger partial charge in [0.25, 0.3) is 0 Å². The van der Waals surface area contributed by atoms with E-state index < -0.39 is 0 Å². The van der Waals surface area contributed by atoms with Gasteiger partial charge in [0.2, 0.25) is 0 Å². The zero-order valence-electron chi connectivity index (χ0n) is 8.70. The number of allylic oxidation sites excluding steroid dienone is 1. The summed E-state index contributed by atoms with van der Waals surface area (Å²) < 4.78 is 0. The molecule has 0 unspecified atom stereocenters. The first kappa shape index (κ1) is 10.5. The van der Waals surface area contributed by atoms with Gasteiger partial charge in [-0.15, -0.1) is 0 Å². The highest BCUT2D eigenvalue weighted by Crippen LogP contribution is 2.13. The van der Waals surface area contributed by atoms with Gasteiger partial charge in [-0.3, -0.25) is 0 Å². The molecule has 0 N–H and O–H groups in total. The molecular formula is C13H15N. The molecule has 72 valence electrons. The van der Waals surface area contributed by atoms with Crippen LogP contribution in [0.5, 0.6) is 0 Å². The molecule has 0 heterocycles. The molecule has 0 radical (unpaired) electrons. The highest BCUT2D eigenvalue weighted by Gasteiger charge is 1.99. The first-order valence-corrected chi connectivity index (χ1v) is 4.88. The summed E-state index contributed by atoms with van der Waals surface area (Å²) in [5.74, 6) is 0.532. The van der Waals surface area contributed by atoms with E-state index in [0.717, 1.165) is 17.6 Å². The van der Waals surface area contributed by atoms with Gasteiger partial charge in [0.1, 0.15) is 0 Å². The van der Waals surface area contributed by atoms with E-state index in [1.54, 1.807) is 0 Å². The number of hydrogen-bond acceptors (Lipinski definition) is 1. The lowest BCUT2D eigenvalue weighted by molar-refractivity contribution is 0.653. The minimum absolute atomic E-state index is 0.532. The number of nitriles is 1. The van der Waals surface area contributed by atoms with Gasteiger partial charge in [-0.25, -0.2) is 0 Å². The van der Waals surface area contributed by atoms with E-state index in [2.05, 4.69) is 19.9 Å². The Balaban J connectivity index is 2.80. The van der Waals surface area contributed by atoms with Crippen LogP contribution in [0.1, 0.15) is 25.8 Å². The quantitative estimate of drug-likeness (QED) is 0.659. The van der Waals surface area contributed by atoms with Crippen molar-refractivity contribution in [2.75, 3.05) is 0 Å². The Bertz CT molecular complexity index is 341. The summed E-state index contributed by atoms with van der Waals surface area (Å²) in [6, 6.07) is 12.2. The van der Waals surface area contributed by atoms with Crippen molar-refractivity contribution in [2.24, 2.45) is 5.92 Å². The van der Waals surface area contributed by atoms with Crippen LogP contribution in [-0.2, 0) is 0 Å². The summed E-state index contributed by atoms with van der Waals surface area (Å²) in [5, 5.41) is 8.92. The molecule has 1 heteroatoms. The maximum absolute atomic E-state index is 8.92. The standard InChI is InChI=1S/C13H15N/c1-11(2)8-13(10-14)9-12-6-4-3-5-7-12/h3-7,9,11H,8H2,1-2H3/b13-9+. The van der Waals surface area contributed by atoms with Gasteiger partial charge in [-0.05, 0) is 24.0 Å². The van der Waals surface area contributed by atoms with Crippen molar-refractivity contribution < 1.29 is 0 Å². The fourth-order valence-electron chi connectivity index (χ4n) is 1.33. The molecular weight excluding hydrogens is 170 g/mol. The lowest BCUT2D eigenvalue weighted by atomic mass is 10.0. The van der Waals surface area contributed by atoms with Crippen LogP contribution in [0.3, 0.4) is 0 Å². The average molecular weight is 185 g/mol. The highest BCUT2D eigenvalue weighted by atomic mass is 14.2. The van der Waals surface area contributed by atoms with E-state index in [1.165, 1.54) is 0 Å². The lowest BCUT2D eigenvalue weighted by Crippen LogP contribution is -1.89. The predicted molar refractivity (Wildman–Crippen MR) is 59.5 cm³/mol. The first-order chi connectivity index (χ1) is 6.72. The Hall–Kier alpha value is -1.55. The largest absolute Gasteiger partial charge is 0.193 e. The van der Waals surface area contributed by atoms with Crippen LogP contribution in [-0.4, -0.2) is 0 Å². The van der Waals surface area contributed by atoms with Gasteiger partial charge < -0.3 is 0 Å². The van der Waals surface area contributed by atoms with Gasteiger partial charge >= 0.3 is 0 Å². The topological polar surface area (TPSA) is 23.8 Å². The van der Waals surface area contributed by atoms with Gasteiger partial charge in [0.15, 0.2) is 0 Å². The normalized spacial score (nSPS) is 11.4. The Labute approximate surface area is 85.7 Å². The SMILES string of the molecule is CC(C)C/C(C#N)=C\c1ccccc1. The van der Waals surface area contributed by atoms with Crippen molar-refractivity contribution in [3.05, 3.63) is 41.5 Å². The molecule has 1 aromatic carbocycles. The molecule has 0 amide bonds. The van der Waals surface area contributed by atoms with E-state index in [-0.39, 0.29) is 0 Å². The molecule has 0 bridgehead atoms. The monoisotopic (exact) mass is 185 g/mol. The Morgan fingerprint density at radius 3 is 2.50 bits per heavy atom. The fraction of sp³-hybridized carbons (Fsp3) is 0.308. The fourth-order valence-corrected chi connectivity index (χ4v) is 1.33. The van der Waals surface area contributed by atoms with Crippen LogP contribution in [0.25, 0.3) is 6.08 Å². The van der Waals surface area contributed by atoms with E-state index >= 15 is 0 Å². The van der Waals surface area contributed by atoms with Gasteiger partial charge in [0, 0.05) is 5.57 Å². The van der Waals surface area contributed by atoms with Gasteiger partial charge in [-0.1, -0.05) is 44.2 Å². The Kier molecular flexibility index (Phi) is 3.94. The molecule has 1 rings (SSSR count). The molecule has 0 saturated heterocycles. The molecule has 0 fully saturated rings. The van der Waals surface area contributed by atoms with E-state index in [1.807, 2.05) is 36.4 Å². The Morgan fingerprint density at radius 2 is 2.00 bits per heavy atom.